The second-order valence-corrected chi connectivity index (χ2v) is 4.37. The zero-order valence-electron chi connectivity index (χ0n) is 10.9. The van der Waals surface area contributed by atoms with Crippen molar-refractivity contribution in [2.45, 2.75) is 27.2 Å². The first kappa shape index (κ1) is 13.5. The number of ether oxygens (including phenoxy) is 1. The molecule has 1 atom stereocenters. The van der Waals surface area contributed by atoms with Crippen LogP contribution in [0.25, 0.3) is 0 Å². The van der Waals surface area contributed by atoms with E-state index in [2.05, 4.69) is 24.6 Å². The van der Waals surface area contributed by atoms with Crippen LogP contribution in [0.4, 0.5) is 0 Å². The van der Waals surface area contributed by atoms with Gasteiger partial charge in [-0.2, -0.15) is 0 Å². The molecule has 1 aliphatic rings. The van der Waals surface area contributed by atoms with Crippen LogP contribution in [-0.2, 0) is 4.74 Å². The molecule has 0 bridgehead atoms. The quantitative estimate of drug-likeness (QED) is 0.517. The summed E-state index contributed by atoms with van der Waals surface area (Å²) in [6, 6.07) is 0. The predicted octanol–water partition coefficient (Wildman–Crippen LogP) is 4.03. The standard InChI is InChI=1S/C15H21NO/c1-5-6-12(2)9-14(4)17-11-15-10-13(3)7-8-16-15/h5-6,8-10,13H,1,7,11H2,2-4H3/b12-6-,14-9+. The Labute approximate surface area is 104 Å². The first-order valence-corrected chi connectivity index (χ1v) is 5.95. The van der Waals surface area contributed by atoms with Crippen molar-refractivity contribution in [3.05, 3.63) is 47.9 Å². The van der Waals surface area contributed by atoms with Crippen LogP contribution >= 0.6 is 0 Å². The summed E-state index contributed by atoms with van der Waals surface area (Å²) in [5.41, 5.74) is 2.15. The highest BCUT2D eigenvalue weighted by molar-refractivity contribution is 5.61. The predicted molar refractivity (Wildman–Crippen MR) is 74.0 cm³/mol. The molecule has 1 unspecified atom stereocenters. The topological polar surface area (TPSA) is 21.6 Å². The molecular weight excluding hydrogens is 210 g/mol. The van der Waals surface area contributed by atoms with Crippen LogP contribution in [-0.4, -0.2) is 12.8 Å². The lowest BCUT2D eigenvalue weighted by molar-refractivity contribution is 0.239. The van der Waals surface area contributed by atoms with Crippen molar-refractivity contribution in [2.24, 2.45) is 10.9 Å². The van der Waals surface area contributed by atoms with Gasteiger partial charge in [-0.1, -0.05) is 31.7 Å². The van der Waals surface area contributed by atoms with Crippen LogP contribution in [0, 0.1) is 5.92 Å². The summed E-state index contributed by atoms with van der Waals surface area (Å²) >= 11 is 0. The smallest absolute Gasteiger partial charge is 0.129 e. The molecule has 1 aliphatic heterocycles. The molecule has 0 spiro atoms. The normalized spacial score (nSPS) is 21.1. The van der Waals surface area contributed by atoms with Gasteiger partial charge in [0.25, 0.3) is 0 Å². The monoisotopic (exact) mass is 231 g/mol. The fourth-order valence-electron chi connectivity index (χ4n) is 1.65. The molecule has 0 aromatic rings. The van der Waals surface area contributed by atoms with Crippen molar-refractivity contribution in [2.75, 3.05) is 6.61 Å². The largest absolute Gasteiger partial charge is 0.492 e. The maximum absolute atomic E-state index is 5.65. The lowest BCUT2D eigenvalue weighted by Gasteiger charge is -2.12. The summed E-state index contributed by atoms with van der Waals surface area (Å²) in [7, 11) is 0. The Bertz CT molecular complexity index is 386. The maximum Gasteiger partial charge on any atom is 0.129 e. The van der Waals surface area contributed by atoms with Gasteiger partial charge < -0.3 is 4.74 Å². The molecule has 1 heterocycles. The zero-order valence-corrected chi connectivity index (χ0v) is 10.9. The van der Waals surface area contributed by atoms with E-state index >= 15 is 0 Å². The van der Waals surface area contributed by atoms with E-state index in [1.54, 1.807) is 6.08 Å². The van der Waals surface area contributed by atoms with Gasteiger partial charge in [-0.3, -0.25) is 4.99 Å². The molecule has 0 aliphatic carbocycles. The molecule has 17 heavy (non-hydrogen) atoms. The van der Waals surface area contributed by atoms with Crippen molar-refractivity contribution in [3.8, 4) is 0 Å². The van der Waals surface area contributed by atoms with E-state index in [9.17, 15) is 0 Å². The summed E-state index contributed by atoms with van der Waals surface area (Å²) in [5.74, 6) is 1.47. The number of nitrogens with zero attached hydrogens (tertiary/aromatic N) is 1. The fraction of sp³-hybridized carbons (Fsp3) is 0.400. The molecule has 0 saturated heterocycles. The molecule has 0 aromatic heterocycles. The highest BCUT2D eigenvalue weighted by atomic mass is 16.5. The molecule has 0 fully saturated rings. The first-order valence-electron chi connectivity index (χ1n) is 5.95. The minimum absolute atomic E-state index is 0.546. The van der Waals surface area contributed by atoms with Gasteiger partial charge in [0.2, 0.25) is 0 Å². The van der Waals surface area contributed by atoms with Crippen LogP contribution in [0.2, 0.25) is 0 Å². The van der Waals surface area contributed by atoms with E-state index in [1.165, 1.54) is 0 Å². The fourth-order valence-corrected chi connectivity index (χ4v) is 1.65. The highest BCUT2D eigenvalue weighted by Crippen LogP contribution is 2.14. The maximum atomic E-state index is 5.65. The van der Waals surface area contributed by atoms with Crippen LogP contribution < -0.4 is 0 Å². The van der Waals surface area contributed by atoms with Gasteiger partial charge >= 0.3 is 0 Å². The van der Waals surface area contributed by atoms with E-state index in [0.717, 1.165) is 23.5 Å². The van der Waals surface area contributed by atoms with Crippen LogP contribution in [0.15, 0.2) is 52.9 Å². The number of rotatable bonds is 5. The van der Waals surface area contributed by atoms with Crippen molar-refractivity contribution in [1.82, 2.24) is 0 Å². The summed E-state index contributed by atoms with van der Waals surface area (Å²) in [6.07, 6.45) is 10.9. The Kier molecular flexibility index (Phi) is 5.47. The Morgan fingerprint density at radius 1 is 1.59 bits per heavy atom. The molecule has 0 aromatic carbocycles. The second-order valence-electron chi connectivity index (χ2n) is 4.37. The third-order valence-corrected chi connectivity index (χ3v) is 2.47. The molecular formula is C15H21NO. The van der Waals surface area contributed by atoms with Crippen molar-refractivity contribution in [1.29, 1.82) is 0 Å². The summed E-state index contributed by atoms with van der Waals surface area (Å²) in [6.45, 7) is 10.4. The zero-order chi connectivity index (χ0) is 12.7. The third-order valence-electron chi connectivity index (χ3n) is 2.47. The van der Waals surface area contributed by atoms with Crippen molar-refractivity contribution >= 4 is 6.21 Å². The van der Waals surface area contributed by atoms with Gasteiger partial charge in [0.05, 0.1) is 11.5 Å². The van der Waals surface area contributed by atoms with Gasteiger partial charge in [0, 0.05) is 6.21 Å². The van der Waals surface area contributed by atoms with Gasteiger partial charge in [0.15, 0.2) is 0 Å². The minimum Gasteiger partial charge on any atom is -0.492 e. The van der Waals surface area contributed by atoms with Crippen molar-refractivity contribution < 1.29 is 4.74 Å². The minimum atomic E-state index is 0.546. The summed E-state index contributed by atoms with van der Waals surface area (Å²) in [4.78, 5) is 4.32. The molecule has 0 radical (unpaired) electrons. The molecule has 0 saturated carbocycles. The van der Waals surface area contributed by atoms with E-state index in [1.807, 2.05) is 32.2 Å². The van der Waals surface area contributed by atoms with E-state index in [4.69, 9.17) is 4.74 Å². The molecule has 2 heteroatoms. The third kappa shape index (κ3) is 5.34. The lowest BCUT2D eigenvalue weighted by atomic mass is 10.1. The Balaban J connectivity index is 2.48. The van der Waals surface area contributed by atoms with Gasteiger partial charge in [-0.15, -0.1) is 0 Å². The summed E-state index contributed by atoms with van der Waals surface area (Å²) in [5, 5.41) is 0. The number of aliphatic imine (C=N–C) groups is 1. The summed E-state index contributed by atoms with van der Waals surface area (Å²) < 4.78 is 5.65. The number of hydrogen-bond donors (Lipinski definition) is 0. The number of allylic oxidation sites excluding steroid dienone is 6. The van der Waals surface area contributed by atoms with E-state index in [-0.39, 0.29) is 0 Å². The SMILES string of the molecule is C=C/C=C(C)\C=C(/C)OCC1=CC(C)CC=N1. The molecule has 0 amide bonds. The molecule has 2 nitrogen and oxygen atoms in total. The second kappa shape index (κ2) is 6.89. The molecule has 92 valence electrons. The lowest BCUT2D eigenvalue weighted by Crippen LogP contribution is -2.03. The Morgan fingerprint density at radius 2 is 2.35 bits per heavy atom. The molecule has 1 rings (SSSR count). The Morgan fingerprint density at radius 3 is 3.00 bits per heavy atom. The Hall–Kier alpha value is -1.57. The van der Waals surface area contributed by atoms with Gasteiger partial charge in [-0.05, 0) is 37.8 Å². The van der Waals surface area contributed by atoms with Crippen molar-refractivity contribution in [3.63, 3.8) is 0 Å². The van der Waals surface area contributed by atoms with Gasteiger partial charge in [-0.25, -0.2) is 0 Å². The van der Waals surface area contributed by atoms with Crippen LogP contribution in [0.5, 0.6) is 0 Å². The van der Waals surface area contributed by atoms with Gasteiger partial charge in [0.1, 0.15) is 6.61 Å². The van der Waals surface area contributed by atoms with Crippen LogP contribution in [0.3, 0.4) is 0 Å². The first-order chi connectivity index (χ1) is 8.11. The number of hydrogen-bond acceptors (Lipinski definition) is 2. The molecule has 0 N–H and O–H groups in total. The average molecular weight is 231 g/mol. The van der Waals surface area contributed by atoms with E-state index < -0.39 is 0 Å². The highest BCUT2D eigenvalue weighted by Gasteiger charge is 2.05. The average Bonchev–Trinajstić information content (AvgIpc) is 2.27. The van der Waals surface area contributed by atoms with E-state index in [0.29, 0.717) is 12.5 Å². The van der Waals surface area contributed by atoms with Crippen LogP contribution in [0.1, 0.15) is 27.2 Å².